The van der Waals surface area contributed by atoms with E-state index in [1.807, 2.05) is 0 Å². The van der Waals surface area contributed by atoms with Crippen LogP contribution < -0.4 is 5.32 Å². The molecule has 3 heterocycles. The van der Waals surface area contributed by atoms with Crippen LogP contribution in [0.25, 0.3) is 0 Å². The third kappa shape index (κ3) is 1.88. The highest BCUT2D eigenvalue weighted by Crippen LogP contribution is 2.27. The van der Waals surface area contributed by atoms with Crippen LogP contribution in [0, 0.1) is 5.92 Å². The van der Waals surface area contributed by atoms with Crippen LogP contribution in [-0.2, 0) is 10.0 Å². The van der Waals surface area contributed by atoms with Gasteiger partial charge >= 0.3 is 0 Å². The number of H-pyrrole nitrogens is 1. The van der Waals surface area contributed by atoms with Crippen molar-refractivity contribution in [1.29, 1.82) is 0 Å². The molecule has 0 saturated carbocycles. The summed E-state index contributed by atoms with van der Waals surface area (Å²) in [7, 11) is -3.37. The summed E-state index contributed by atoms with van der Waals surface area (Å²) in [6.45, 7) is 2.22. The molecular weight excluding hydrogens is 240 g/mol. The number of sulfonamides is 1. The van der Waals surface area contributed by atoms with E-state index in [0.29, 0.717) is 25.0 Å². The summed E-state index contributed by atoms with van der Waals surface area (Å²) in [5.41, 5.74) is 0. The third-order valence-electron chi connectivity index (χ3n) is 3.71. The van der Waals surface area contributed by atoms with Gasteiger partial charge in [-0.25, -0.2) is 13.4 Å². The van der Waals surface area contributed by atoms with Gasteiger partial charge in [0.15, 0.2) is 5.03 Å². The molecule has 0 radical (unpaired) electrons. The Morgan fingerprint density at radius 3 is 3.06 bits per heavy atom. The fourth-order valence-electron chi connectivity index (χ4n) is 2.76. The SMILES string of the molecule is O=S(=O)(c1cnc[nH]1)N1CCC2NCCC2C1. The Bertz CT molecular complexity index is 484. The second kappa shape index (κ2) is 4.08. The van der Waals surface area contributed by atoms with E-state index in [2.05, 4.69) is 15.3 Å². The maximum Gasteiger partial charge on any atom is 0.260 e. The predicted octanol–water partition coefficient (Wildman–Crippen LogP) is -0.218. The van der Waals surface area contributed by atoms with E-state index in [9.17, 15) is 8.42 Å². The molecular formula is C10H16N4O2S. The Balaban J connectivity index is 1.81. The molecule has 2 aliphatic heterocycles. The van der Waals surface area contributed by atoms with Crippen LogP contribution in [0.2, 0.25) is 0 Å². The number of hydrogen-bond donors (Lipinski definition) is 2. The number of fused-ring (bicyclic) bond motifs is 1. The molecule has 2 unspecified atom stereocenters. The van der Waals surface area contributed by atoms with E-state index in [1.54, 1.807) is 4.31 Å². The van der Waals surface area contributed by atoms with E-state index in [0.717, 1.165) is 19.4 Å². The van der Waals surface area contributed by atoms with Gasteiger partial charge in [-0.1, -0.05) is 0 Å². The van der Waals surface area contributed by atoms with Crippen molar-refractivity contribution in [2.45, 2.75) is 23.9 Å². The van der Waals surface area contributed by atoms with Crippen LogP contribution >= 0.6 is 0 Å². The molecule has 3 rings (SSSR count). The van der Waals surface area contributed by atoms with Gasteiger partial charge in [-0.3, -0.25) is 0 Å². The van der Waals surface area contributed by atoms with Crippen LogP contribution in [0.15, 0.2) is 17.6 Å². The van der Waals surface area contributed by atoms with Gasteiger partial charge in [0.1, 0.15) is 0 Å². The quantitative estimate of drug-likeness (QED) is 0.767. The normalized spacial score (nSPS) is 30.4. The molecule has 0 amide bonds. The minimum absolute atomic E-state index is 0.196. The summed E-state index contributed by atoms with van der Waals surface area (Å²) in [5, 5.41) is 3.62. The Kier molecular flexibility index (Phi) is 2.68. The molecule has 0 aliphatic carbocycles. The van der Waals surface area contributed by atoms with Crippen LogP contribution in [0.3, 0.4) is 0 Å². The summed E-state index contributed by atoms with van der Waals surface area (Å²) < 4.78 is 26.1. The van der Waals surface area contributed by atoms with Crippen molar-refractivity contribution in [3.05, 3.63) is 12.5 Å². The van der Waals surface area contributed by atoms with Crippen LogP contribution in [0.1, 0.15) is 12.8 Å². The van der Waals surface area contributed by atoms with Gasteiger partial charge in [0, 0.05) is 19.1 Å². The van der Waals surface area contributed by atoms with E-state index in [-0.39, 0.29) is 5.03 Å². The molecule has 0 spiro atoms. The summed E-state index contributed by atoms with van der Waals surface area (Å²) >= 11 is 0. The van der Waals surface area contributed by atoms with Crippen molar-refractivity contribution in [3.63, 3.8) is 0 Å². The van der Waals surface area contributed by atoms with Crippen LogP contribution in [-0.4, -0.2) is 48.4 Å². The second-order valence-electron chi connectivity index (χ2n) is 4.68. The molecule has 94 valence electrons. The first-order chi connectivity index (χ1) is 8.18. The van der Waals surface area contributed by atoms with Gasteiger partial charge in [-0.15, -0.1) is 0 Å². The maximum atomic E-state index is 12.3. The Morgan fingerprint density at radius 2 is 2.29 bits per heavy atom. The minimum Gasteiger partial charge on any atom is -0.335 e. The van der Waals surface area contributed by atoms with Gasteiger partial charge in [0.25, 0.3) is 10.0 Å². The number of aromatic amines is 1. The highest BCUT2D eigenvalue weighted by Gasteiger charge is 2.37. The molecule has 2 atom stereocenters. The van der Waals surface area contributed by atoms with Crippen molar-refractivity contribution < 1.29 is 8.42 Å². The Labute approximate surface area is 100 Å². The average molecular weight is 256 g/mol. The molecule has 1 aromatic rings. The predicted molar refractivity (Wildman–Crippen MR) is 61.9 cm³/mol. The zero-order valence-electron chi connectivity index (χ0n) is 9.46. The number of aromatic nitrogens is 2. The summed E-state index contributed by atoms with van der Waals surface area (Å²) in [5.74, 6) is 0.460. The minimum atomic E-state index is -3.37. The zero-order valence-corrected chi connectivity index (χ0v) is 10.3. The lowest BCUT2D eigenvalue weighted by molar-refractivity contribution is 0.246. The number of nitrogens with zero attached hydrogens (tertiary/aromatic N) is 2. The van der Waals surface area contributed by atoms with E-state index in [4.69, 9.17) is 0 Å². The fourth-order valence-corrected chi connectivity index (χ4v) is 4.16. The number of rotatable bonds is 2. The maximum absolute atomic E-state index is 12.3. The van der Waals surface area contributed by atoms with Crippen molar-refractivity contribution in [1.82, 2.24) is 19.6 Å². The van der Waals surface area contributed by atoms with Crippen molar-refractivity contribution in [2.24, 2.45) is 5.92 Å². The lowest BCUT2D eigenvalue weighted by atomic mass is 9.95. The standard InChI is InChI=1S/C10H16N4O2S/c15-17(16,10-5-11-7-13-10)14-4-2-9-8(6-14)1-3-12-9/h5,7-9,12H,1-4,6H2,(H,11,13). The topological polar surface area (TPSA) is 78.1 Å². The van der Waals surface area contributed by atoms with Gasteiger partial charge in [0.2, 0.25) is 0 Å². The van der Waals surface area contributed by atoms with Gasteiger partial charge in [-0.2, -0.15) is 4.31 Å². The van der Waals surface area contributed by atoms with Crippen molar-refractivity contribution >= 4 is 10.0 Å². The van der Waals surface area contributed by atoms with Gasteiger partial charge < -0.3 is 10.3 Å². The highest BCUT2D eigenvalue weighted by atomic mass is 32.2. The first kappa shape index (κ1) is 11.2. The first-order valence-corrected chi connectivity index (χ1v) is 7.34. The second-order valence-corrected chi connectivity index (χ2v) is 6.58. The Morgan fingerprint density at radius 1 is 1.41 bits per heavy atom. The molecule has 2 aliphatic rings. The van der Waals surface area contributed by atoms with Crippen LogP contribution in [0.4, 0.5) is 0 Å². The molecule has 7 heteroatoms. The average Bonchev–Trinajstić information content (AvgIpc) is 2.99. The molecule has 0 aromatic carbocycles. The van der Waals surface area contributed by atoms with E-state index >= 15 is 0 Å². The fraction of sp³-hybridized carbons (Fsp3) is 0.700. The van der Waals surface area contributed by atoms with Gasteiger partial charge in [-0.05, 0) is 25.3 Å². The lowest BCUT2D eigenvalue weighted by Gasteiger charge is -2.33. The van der Waals surface area contributed by atoms with Crippen molar-refractivity contribution in [2.75, 3.05) is 19.6 Å². The number of imidazole rings is 1. The van der Waals surface area contributed by atoms with Crippen LogP contribution in [0.5, 0.6) is 0 Å². The number of nitrogens with one attached hydrogen (secondary N) is 2. The van der Waals surface area contributed by atoms with E-state index < -0.39 is 10.0 Å². The van der Waals surface area contributed by atoms with Gasteiger partial charge in [0.05, 0.1) is 12.5 Å². The summed E-state index contributed by atoms with van der Waals surface area (Å²) in [6, 6.07) is 0.503. The Hall–Kier alpha value is -0.920. The lowest BCUT2D eigenvalue weighted by Crippen LogP contribution is -2.46. The smallest absolute Gasteiger partial charge is 0.260 e. The zero-order chi connectivity index (χ0) is 11.9. The summed E-state index contributed by atoms with van der Waals surface area (Å²) in [4.78, 5) is 6.45. The highest BCUT2D eigenvalue weighted by molar-refractivity contribution is 7.89. The van der Waals surface area contributed by atoms with E-state index in [1.165, 1.54) is 12.5 Å². The monoisotopic (exact) mass is 256 g/mol. The molecule has 0 bridgehead atoms. The molecule has 2 N–H and O–H groups in total. The summed E-state index contributed by atoms with van der Waals surface area (Å²) in [6.07, 6.45) is 4.74. The number of piperidine rings is 1. The number of hydrogen-bond acceptors (Lipinski definition) is 4. The molecule has 1 aromatic heterocycles. The first-order valence-electron chi connectivity index (χ1n) is 5.90. The molecule has 2 saturated heterocycles. The molecule has 2 fully saturated rings. The largest absolute Gasteiger partial charge is 0.335 e. The van der Waals surface area contributed by atoms with Crippen molar-refractivity contribution in [3.8, 4) is 0 Å². The third-order valence-corrected chi connectivity index (χ3v) is 5.50. The molecule has 6 nitrogen and oxygen atoms in total. The molecule has 17 heavy (non-hydrogen) atoms.